The summed E-state index contributed by atoms with van der Waals surface area (Å²) in [5.41, 5.74) is 1.96. The normalized spacial score (nSPS) is 11.4. The average Bonchev–Trinajstić information content (AvgIpc) is 2.57. The van der Waals surface area contributed by atoms with Crippen LogP contribution in [0.15, 0.2) is 6.33 Å². The van der Waals surface area contributed by atoms with E-state index in [1.807, 2.05) is 0 Å². The predicted octanol–water partition coefficient (Wildman–Crippen LogP) is 1.68. The van der Waals surface area contributed by atoms with Gasteiger partial charge in [0, 0.05) is 21.9 Å². The van der Waals surface area contributed by atoms with Gasteiger partial charge in [0.05, 0.1) is 5.69 Å². The molecule has 0 saturated carbocycles. The van der Waals surface area contributed by atoms with Gasteiger partial charge in [-0.2, -0.15) is 0 Å². The summed E-state index contributed by atoms with van der Waals surface area (Å²) in [4.78, 5) is 11.8. The molecule has 84 valence electrons. The molecular formula is C13H17N3. The number of nitrogens with zero attached hydrogens (tertiary/aromatic N) is 2. The van der Waals surface area contributed by atoms with E-state index in [-0.39, 0.29) is 0 Å². The Hall–Kier alpha value is -1.64. The van der Waals surface area contributed by atoms with Crippen molar-refractivity contribution >= 4 is 24.2 Å². The third kappa shape index (κ3) is 1.52. The van der Waals surface area contributed by atoms with Gasteiger partial charge in [-0.1, -0.05) is 27.0 Å². The van der Waals surface area contributed by atoms with Crippen molar-refractivity contribution in [3.05, 3.63) is 22.6 Å². The zero-order valence-electron chi connectivity index (χ0n) is 9.88. The van der Waals surface area contributed by atoms with E-state index in [2.05, 4.69) is 42.0 Å². The Morgan fingerprint density at radius 1 is 1.25 bits per heavy atom. The van der Waals surface area contributed by atoms with Gasteiger partial charge < -0.3 is 4.98 Å². The maximum Gasteiger partial charge on any atom is 0.142 e. The quantitative estimate of drug-likeness (QED) is 0.846. The summed E-state index contributed by atoms with van der Waals surface area (Å²) in [6.45, 7) is 12.3. The van der Waals surface area contributed by atoms with E-state index in [1.165, 1.54) is 0 Å². The molecule has 0 unspecified atom stereocenters. The van der Waals surface area contributed by atoms with Crippen LogP contribution in [0.1, 0.15) is 38.3 Å². The average molecular weight is 215 g/mol. The molecule has 0 saturated heterocycles. The Morgan fingerprint density at radius 3 is 2.56 bits per heavy atom. The van der Waals surface area contributed by atoms with Crippen LogP contribution in [0.5, 0.6) is 0 Å². The second-order valence-electron chi connectivity index (χ2n) is 4.08. The van der Waals surface area contributed by atoms with Gasteiger partial charge in [0.25, 0.3) is 0 Å². The van der Waals surface area contributed by atoms with E-state index >= 15 is 0 Å². The molecule has 2 heterocycles. The van der Waals surface area contributed by atoms with E-state index in [1.54, 1.807) is 6.33 Å². The summed E-state index contributed by atoms with van der Waals surface area (Å²) in [6, 6.07) is 0. The first kappa shape index (κ1) is 10.9. The van der Waals surface area contributed by atoms with E-state index in [4.69, 9.17) is 0 Å². The maximum absolute atomic E-state index is 4.42. The van der Waals surface area contributed by atoms with Crippen molar-refractivity contribution < 1.29 is 0 Å². The molecule has 0 radical (unpaired) electrons. The zero-order valence-corrected chi connectivity index (χ0v) is 9.88. The summed E-state index contributed by atoms with van der Waals surface area (Å²) >= 11 is 0. The van der Waals surface area contributed by atoms with Crippen molar-refractivity contribution in [3.8, 4) is 0 Å². The van der Waals surface area contributed by atoms with Crippen molar-refractivity contribution in [2.45, 2.75) is 32.6 Å². The molecule has 0 fully saturated rings. The molecule has 0 aliphatic carbocycles. The van der Waals surface area contributed by atoms with Gasteiger partial charge in [0.15, 0.2) is 0 Å². The van der Waals surface area contributed by atoms with Crippen LogP contribution in [0.25, 0.3) is 24.2 Å². The summed E-state index contributed by atoms with van der Waals surface area (Å²) in [5.74, 6) is 0.473. The fourth-order valence-electron chi connectivity index (χ4n) is 2.15. The van der Waals surface area contributed by atoms with Crippen LogP contribution in [-0.2, 0) is 0 Å². The topological polar surface area (TPSA) is 41.6 Å². The van der Waals surface area contributed by atoms with Gasteiger partial charge in [0.2, 0.25) is 0 Å². The predicted molar refractivity (Wildman–Crippen MR) is 67.5 cm³/mol. The van der Waals surface area contributed by atoms with Gasteiger partial charge in [-0.3, -0.25) is 0 Å². The molecule has 16 heavy (non-hydrogen) atoms. The molecule has 0 atom stereocenters. The fraction of sp³-hybridized carbons (Fsp3) is 0.385. The molecule has 0 amide bonds. The minimum atomic E-state index is 0.473. The second kappa shape index (κ2) is 4.08. The van der Waals surface area contributed by atoms with Crippen molar-refractivity contribution in [1.82, 2.24) is 15.0 Å². The van der Waals surface area contributed by atoms with E-state index in [0.29, 0.717) is 5.92 Å². The van der Waals surface area contributed by atoms with Gasteiger partial charge in [-0.25, -0.2) is 9.97 Å². The molecule has 3 heteroatoms. The van der Waals surface area contributed by atoms with Crippen LogP contribution in [0.3, 0.4) is 0 Å². The Bertz CT molecular complexity index is 593. The summed E-state index contributed by atoms with van der Waals surface area (Å²) < 4.78 is 0. The highest BCUT2D eigenvalue weighted by Gasteiger charge is 2.14. The summed E-state index contributed by atoms with van der Waals surface area (Å²) in [7, 11) is 0. The molecule has 0 aromatic carbocycles. The van der Waals surface area contributed by atoms with E-state index in [0.717, 1.165) is 40.1 Å². The number of rotatable bonds is 3. The number of hydrogen-bond acceptors (Lipinski definition) is 2. The Morgan fingerprint density at radius 2 is 1.94 bits per heavy atom. The highest BCUT2D eigenvalue weighted by atomic mass is 14.9. The maximum atomic E-state index is 4.42. The van der Waals surface area contributed by atoms with Gasteiger partial charge >= 0.3 is 0 Å². The van der Waals surface area contributed by atoms with Crippen LogP contribution in [0, 0.1) is 0 Å². The smallest absolute Gasteiger partial charge is 0.142 e. The lowest BCUT2D eigenvalue weighted by atomic mass is 9.97. The molecule has 2 aromatic heterocycles. The van der Waals surface area contributed by atoms with Crippen LogP contribution >= 0.6 is 0 Å². The van der Waals surface area contributed by atoms with Gasteiger partial charge in [0.1, 0.15) is 12.0 Å². The van der Waals surface area contributed by atoms with E-state index in [9.17, 15) is 0 Å². The molecule has 2 rings (SSSR count). The highest BCUT2D eigenvalue weighted by molar-refractivity contribution is 5.79. The lowest BCUT2D eigenvalue weighted by Crippen LogP contribution is -2.19. The van der Waals surface area contributed by atoms with Gasteiger partial charge in [-0.05, 0) is 12.8 Å². The fourth-order valence-corrected chi connectivity index (χ4v) is 2.15. The lowest BCUT2D eigenvalue weighted by Gasteiger charge is -2.11. The van der Waals surface area contributed by atoms with Crippen molar-refractivity contribution in [3.63, 3.8) is 0 Å². The van der Waals surface area contributed by atoms with E-state index < -0.39 is 0 Å². The third-order valence-electron chi connectivity index (χ3n) is 3.18. The SMILES string of the molecule is C=c1[nH]c2ncnc(C(CC)CC)c2c1=C. The lowest BCUT2D eigenvalue weighted by molar-refractivity contribution is 0.627. The van der Waals surface area contributed by atoms with Crippen molar-refractivity contribution in [1.29, 1.82) is 0 Å². The molecule has 0 aliphatic heterocycles. The molecule has 1 N–H and O–H groups in total. The number of fused-ring (bicyclic) bond motifs is 1. The first-order valence-electron chi connectivity index (χ1n) is 5.69. The molecule has 0 bridgehead atoms. The molecule has 2 aromatic rings. The number of nitrogens with one attached hydrogen (secondary N) is 1. The van der Waals surface area contributed by atoms with Crippen LogP contribution in [0.4, 0.5) is 0 Å². The van der Waals surface area contributed by atoms with Crippen LogP contribution in [-0.4, -0.2) is 15.0 Å². The monoisotopic (exact) mass is 215 g/mol. The second-order valence-corrected chi connectivity index (χ2v) is 4.08. The summed E-state index contributed by atoms with van der Waals surface area (Å²) in [5, 5.41) is 2.82. The minimum Gasteiger partial charge on any atom is -0.340 e. The van der Waals surface area contributed by atoms with Crippen LogP contribution in [0.2, 0.25) is 0 Å². The summed E-state index contributed by atoms with van der Waals surface area (Å²) in [6.07, 6.45) is 3.78. The number of aromatic amines is 1. The minimum absolute atomic E-state index is 0.473. The number of hydrogen-bond donors (Lipinski definition) is 1. The first-order valence-corrected chi connectivity index (χ1v) is 5.69. The molecule has 3 nitrogen and oxygen atoms in total. The Kier molecular flexibility index (Phi) is 2.77. The first-order chi connectivity index (χ1) is 7.69. The van der Waals surface area contributed by atoms with Crippen LogP contribution < -0.4 is 10.6 Å². The van der Waals surface area contributed by atoms with Crippen molar-refractivity contribution in [2.24, 2.45) is 0 Å². The molecule has 0 spiro atoms. The Balaban J connectivity index is 2.79. The van der Waals surface area contributed by atoms with Crippen molar-refractivity contribution in [2.75, 3.05) is 0 Å². The highest BCUT2D eigenvalue weighted by Crippen LogP contribution is 2.24. The molecule has 0 aliphatic rings. The molecular weight excluding hydrogens is 198 g/mol. The standard InChI is InChI=1S/C13H17N3/c1-5-10(6-2)12-11-8(3)9(4)16-13(11)15-7-14-12/h7,10H,3-6H2,1-2H3,(H,14,15,16). The third-order valence-corrected chi connectivity index (χ3v) is 3.18. The number of H-pyrrole nitrogens is 1. The Labute approximate surface area is 94.9 Å². The number of aromatic nitrogens is 3. The van der Waals surface area contributed by atoms with Gasteiger partial charge in [-0.15, -0.1) is 0 Å². The zero-order chi connectivity index (χ0) is 11.7. The largest absolute Gasteiger partial charge is 0.340 e.